The zero-order chi connectivity index (χ0) is 22.9. The van der Waals surface area contributed by atoms with Crippen molar-refractivity contribution in [3.63, 3.8) is 0 Å². The van der Waals surface area contributed by atoms with Crippen molar-refractivity contribution >= 4 is 17.4 Å². The van der Waals surface area contributed by atoms with E-state index in [9.17, 15) is 19.8 Å². The van der Waals surface area contributed by atoms with Crippen molar-refractivity contribution in [2.75, 3.05) is 34.3 Å². The number of rotatable bonds is 6. The predicted molar refractivity (Wildman–Crippen MR) is 118 cm³/mol. The van der Waals surface area contributed by atoms with Crippen LogP contribution in [-0.4, -0.2) is 66.0 Å². The smallest absolute Gasteiger partial charge is 0.295 e. The van der Waals surface area contributed by atoms with Crippen LogP contribution in [-0.2, 0) is 9.59 Å². The Balaban J connectivity index is 2.23. The number of likely N-dealkylation sites (tertiary alicyclic amines) is 1. The van der Waals surface area contributed by atoms with Crippen molar-refractivity contribution in [3.8, 4) is 11.5 Å². The lowest BCUT2D eigenvalue weighted by atomic mass is 9.93. The maximum absolute atomic E-state index is 13.1. The lowest BCUT2D eigenvalue weighted by molar-refractivity contribution is -0.140. The van der Waals surface area contributed by atoms with Crippen LogP contribution in [0.4, 0.5) is 0 Å². The summed E-state index contributed by atoms with van der Waals surface area (Å²) in [6.45, 7) is 4.58. The Morgan fingerprint density at radius 2 is 1.84 bits per heavy atom. The van der Waals surface area contributed by atoms with Gasteiger partial charge in [-0.05, 0) is 57.3 Å². The number of benzene rings is 2. The van der Waals surface area contributed by atoms with Gasteiger partial charge in [0.2, 0.25) is 0 Å². The fourth-order valence-electron chi connectivity index (χ4n) is 3.77. The van der Waals surface area contributed by atoms with E-state index in [0.717, 1.165) is 11.1 Å². The number of aryl methyl sites for hydroxylation is 2. The number of phenolic OH excluding ortho intramolecular Hbond substituents is 1. The molecule has 2 aromatic carbocycles. The Hall–Kier alpha value is -3.32. The number of carbonyl (C=O) groups excluding carboxylic acids is 2. The van der Waals surface area contributed by atoms with E-state index in [2.05, 4.69) is 0 Å². The van der Waals surface area contributed by atoms with E-state index in [1.54, 1.807) is 18.2 Å². The molecule has 2 aromatic rings. The molecule has 1 saturated heterocycles. The Labute approximate surface area is 182 Å². The predicted octanol–water partition coefficient (Wildman–Crippen LogP) is 3.00. The van der Waals surface area contributed by atoms with E-state index in [0.29, 0.717) is 24.2 Å². The van der Waals surface area contributed by atoms with Gasteiger partial charge in [0.15, 0.2) is 11.5 Å². The van der Waals surface area contributed by atoms with Gasteiger partial charge in [0.1, 0.15) is 5.76 Å². The SMILES string of the molecule is COc1cc(C2C(=C(O)c3cc(C)ccc3C)C(=O)C(=O)N2CCN(C)C)ccc1O. The summed E-state index contributed by atoms with van der Waals surface area (Å²) in [5, 5.41) is 21.2. The van der Waals surface area contributed by atoms with Crippen LogP contribution in [0, 0.1) is 13.8 Å². The highest BCUT2D eigenvalue weighted by Gasteiger charge is 2.46. The number of carbonyl (C=O) groups is 2. The first kappa shape index (κ1) is 22.4. The van der Waals surface area contributed by atoms with E-state index >= 15 is 0 Å². The summed E-state index contributed by atoms with van der Waals surface area (Å²) in [6, 6.07) is 9.47. The number of amides is 1. The first-order chi connectivity index (χ1) is 14.6. The zero-order valence-electron chi connectivity index (χ0n) is 18.5. The third-order valence-electron chi connectivity index (χ3n) is 5.50. The van der Waals surface area contributed by atoms with Gasteiger partial charge in [0.05, 0.1) is 18.7 Å². The van der Waals surface area contributed by atoms with Crippen molar-refractivity contribution in [3.05, 3.63) is 64.2 Å². The van der Waals surface area contributed by atoms with Crippen LogP contribution in [0.2, 0.25) is 0 Å². The molecule has 0 saturated carbocycles. The topological polar surface area (TPSA) is 90.3 Å². The Bertz CT molecular complexity index is 1060. The molecule has 1 amide bonds. The maximum atomic E-state index is 13.1. The molecule has 1 unspecified atom stereocenters. The molecule has 31 heavy (non-hydrogen) atoms. The van der Waals surface area contributed by atoms with E-state index in [-0.39, 0.29) is 22.8 Å². The Kier molecular flexibility index (Phi) is 6.36. The number of likely N-dealkylation sites (N-methyl/N-ethyl adjacent to an activating group) is 1. The van der Waals surface area contributed by atoms with Crippen LogP contribution in [0.5, 0.6) is 11.5 Å². The number of hydrogen-bond donors (Lipinski definition) is 2. The highest BCUT2D eigenvalue weighted by Crippen LogP contribution is 2.42. The van der Waals surface area contributed by atoms with Crippen molar-refractivity contribution in [2.45, 2.75) is 19.9 Å². The molecule has 7 nitrogen and oxygen atoms in total. The van der Waals surface area contributed by atoms with Crippen LogP contribution in [0.15, 0.2) is 42.0 Å². The normalized spacial score (nSPS) is 18.1. The monoisotopic (exact) mass is 424 g/mol. The largest absolute Gasteiger partial charge is 0.507 e. The van der Waals surface area contributed by atoms with Crippen molar-refractivity contribution in [1.29, 1.82) is 0 Å². The molecular formula is C24H28N2O5. The molecule has 1 heterocycles. The molecule has 1 aliphatic rings. The number of nitrogens with zero attached hydrogens (tertiary/aromatic N) is 2. The molecule has 0 bridgehead atoms. The van der Waals surface area contributed by atoms with Gasteiger partial charge in [-0.2, -0.15) is 0 Å². The van der Waals surface area contributed by atoms with Gasteiger partial charge in [0.25, 0.3) is 11.7 Å². The number of aliphatic hydroxyl groups is 1. The highest BCUT2D eigenvalue weighted by molar-refractivity contribution is 6.46. The molecule has 1 atom stereocenters. The fourth-order valence-corrected chi connectivity index (χ4v) is 3.77. The van der Waals surface area contributed by atoms with Crippen LogP contribution < -0.4 is 4.74 Å². The third kappa shape index (κ3) is 4.27. The second kappa shape index (κ2) is 8.81. The number of phenols is 1. The summed E-state index contributed by atoms with van der Waals surface area (Å²) < 4.78 is 5.22. The summed E-state index contributed by atoms with van der Waals surface area (Å²) in [7, 11) is 5.19. The lowest BCUT2D eigenvalue weighted by Gasteiger charge is -2.27. The Morgan fingerprint density at radius 1 is 1.13 bits per heavy atom. The molecule has 0 aliphatic carbocycles. The second-order valence-corrected chi connectivity index (χ2v) is 8.05. The summed E-state index contributed by atoms with van der Waals surface area (Å²) in [5.74, 6) is -1.42. The number of aliphatic hydroxyl groups excluding tert-OH is 1. The van der Waals surface area contributed by atoms with Crippen LogP contribution in [0.3, 0.4) is 0 Å². The molecule has 3 rings (SSSR count). The van der Waals surface area contributed by atoms with E-state index in [1.165, 1.54) is 18.1 Å². The standard InChI is InChI=1S/C24H28N2O5/c1-14-6-7-15(2)17(12-14)22(28)20-21(16-8-9-18(27)19(13-16)31-5)26(11-10-25(3)4)24(30)23(20)29/h6-9,12-13,21,27-28H,10-11H2,1-5H3. The average Bonchev–Trinajstić information content (AvgIpc) is 2.98. The first-order valence-electron chi connectivity index (χ1n) is 10.0. The number of methoxy groups -OCH3 is 1. The van der Waals surface area contributed by atoms with Crippen LogP contribution in [0.25, 0.3) is 5.76 Å². The third-order valence-corrected chi connectivity index (χ3v) is 5.50. The molecular weight excluding hydrogens is 396 g/mol. The molecule has 7 heteroatoms. The number of ether oxygens (including phenoxy) is 1. The van der Waals surface area contributed by atoms with Crippen molar-refractivity contribution < 1.29 is 24.5 Å². The zero-order valence-corrected chi connectivity index (χ0v) is 18.5. The summed E-state index contributed by atoms with van der Waals surface area (Å²) in [5.41, 5.74) is 2.84. The van der Waals surface area contributed by atoms with E-state index < -0.39 is 17.7 Å². The van der Waals surface area contributed by atoms with Crippen molar-refractivity contribution in [1.82, 2.24) is 9.80 Å². The van der Waals surface area contributed by atoms with Gasteiger partial charge in [-0.25, -0.2) is 0 Å². The van der Waals surface area contributed by atoms with Crippen LogP contribution in [0.1, 0.15) is 28.3 Å². The van der Waals surface area contributed by atoms with Gasteiger partial charge < -0.3 is 24.7 Å². The van der Waals surface area contributed by atoms with Gasteiger partial charge in [-0.15, -0.1) is 0 Å². The summed E-state index contributed by atoms with van der Waals surface area (Å²) in [6.07, 6.45) is 0. The molecule has 0 spiro atoms. The minimum absolute atomic E-state index is 0.0326. The lowest BCUT2D eigenvalue weighted by Crippen LogP contribution is -2.35. The maximum Gasteiger partial charge on any atom is 0.295 e. The highest BCUT2D eigenvalue weighted by atomic mass is 16.5. The minimum Gasteiger partial charge on any atom is -0.507 e. The molecule has 0 radical (unpaired) electrons. The van der Waals surface area contributed by atoms with Gasteiger partial charge in [0, 0.05) is 18.7 Å². The number of Topliss-reactive ketones (excluding diaryl/α,β-unsaturated/α-hetero) is 1. The Morgan fingerprint density at radius 3 is 2.48 bits per heavy atom. The molecule has 164 valence electrons. The summed E-state index contributed by atoms with van der Waals surface area (Å²) in [4.78, 5) is 29.4. The van der Waals surface area contributed by atoms with E-state index in [1.807, 2.05) is 45.0 Å². The second-order valence-electron chi connectivity index (χ2n) is 8.05. The molecule has 2 N–H and O–H groups in total. The fraction of sp³-hybridized carbons (Fsp3) is 0.333. The summed E-state index contributed by atoms with van der Waals surface area (Å²) >= 11 is 0. The quantitative estimate of drug-likeness (QED) is 0.421. The van der Waals surface area contributed by atoms with Crippen LogP contribution >= 0.6 is 0 Å². The van der Waals surface area contributed by atoms with Crippen molar-refractivity contribution in [2.24, 2.45) is 0 Å². The first-order valence-corrected chi connectivity index (χ1v) is 10.0. The number of hydrogen-bond acceptors (Lipinski definition) is 6. The minimum atomic E-state index is -0.797. The van der Waals surface area contributed by atoms with Gasteiger partial charge in [-0.3, -0.25) is 9.59 Å². The van der Waals surface area contributed by atoms with E-state index in [4.69, 9.17) is 4.74 Å². The van der Waals surface area contributed by atoms with Gasteiger partial charge in [-0.1, -0.05) is 23.8 Å². The molecule has 1 fully saturated rings. The molecule has 1 aliphatic heterocycles. The average molecular weight is 424 g/mol. The molecule has 0 aromatic heterocycles. The van der Waals surface area contributed by atoms with Gasteiger partial charge >= 0.3 is 0 Å². The number of aromatic hydroxyl groups is 1. The number of ketones is 1.